The van der Waals surface area contributed by atoms with E-state index in [1.54, 1.807) is 0 Å². The molecule has 0 radical (unpaired) electrons. The van der Waals surface area contributed by atoms with Crippen LogP contribution in [0.5, 0.6) is 0 Å². The van der Waals surface area contributed by atoms with Crippen LogP contribution in [0.15, 0.2) is 24.3 Å². The number of hydrogen-bond donors (Lipinski definition) is 2. The third-order valence-corrected chi connectivity index (χ3v) is 2.90. The van der Waals surface area contributed by atoms with E-state index < -0.39 is 5.60 Å². The maximum absolute atomic E-state index is 9.91. The topological polar surface area (TPSA) is 32.3 Å². The quantitative estimate of drug-likeness (QED) is 0.713. The zero-order valence-corrected chi connectivity index (χ0v) is 8.75. The summed E-state index contributed by atoms with van der Waals surface area (Å²) in [5.74, 6) is 0. The van der Waals surface area contributed by atoms with Gasteiger partial charge in [-0.3, -0.25) is 0 Å². The Bertz CT molecular complexity index is 327. The second-order valence-electron chi connectivity index (χ2n) is 4.55. The average molecular weight is 191 g/mol. The largest absolute Gasteiger partial charge is 0.388 e. The second kappa shape index (κ2) is 3.28. The standard InChI is InChI=1S/C12H17NO/c1-12(2,14)11-8-7-9-5-3-4-6-10(9)13-11/h3-6,11,13-14H,7-8H2,1-2H3. The van der Waals surface area contributed by atoms with Crippen molar-refractivity contribution in [3.05, 3.63) is 29.8 Å². The Morgan fingerprint density at radius 3 is 2.79 bits per heavy atom. The van der Waals surface area contributed by atoms with E-state index in [4.69, 9.17) is 0 Å². The SMILES string of the molecule is CC(C)(O)C1CCc2ccccc2N1. The van der Waals surface area contributed by atoms with Crippen LogP contribution in [0.25, 0.3) is 0 Å². The second-order valence-corrected chi connectivity index (χ2v) is 4.55. The lowest BCUT2D eigenvalue weighted by Gasteiger charge is -2.35. The molecule has 14 heavy (non-hydrogen) atoms. The van der Waals surface area contributed by atoms with E-state index >= 15 is 0 Å². The molecule has 0 amide bonds. The van der Waals surface area contributed by atoms with E-state index in [-0.39, 0.29) is 6.04 Å². The summed E-state index contributed by atoms with van der Waals surface area (Å²) in [6.07, 6.45) is 2.05. The molecule has 0 saturated heterocycles. The summed E-state index contributed by atoms with van der Waals surface area (Å²) in [5.41, 5.74) is 1.88. The van der Waals surface area contributed by atoms with Gasteiger partial charge in [-0.25, -0.2) is 0 Å². The van der Waals surface area contributed by atoms with Gasteiger partial charge in [0, 0.05) is 5.69 Å². The van der Waals surface area contributed by atoms with E-state index in [1.165, 1.54) is 11.3 Å². The van der Waals surface area contributed by atoms with E-state index in [1.807, 2.05) is 19.9 Å². The third kappa shape index (κ3) is 1.75. The number of fused-ring (bicyclic) bond motifs is 1. The van der Waals surface area contributed by atoms with Crippen molar-refractivity contribution < 1.29 is 5.11 Å². The van der Waals surface area contributed by atoms with Crippen LogP contribution >= 0.6 is 0 Å². The molecule has 2 N–H and O–H groups in total. The van der Waals surface area contributed by atoms with Crippen molar-refractivity contribution in [1.29, 1.82) is 0 Å². The maximum Gasteiger partial charge on any atom is 0.0791 e. The molecule has 1 heterocycles. The Kier molecular flexibility index (Phi) is 2.23. The smallest absolute Gasteiger partial charge is 0.0791 e. The number of anilines is 1. The van der Waals surface area contributed by atoms with Crippen LogP contribution in [0.2, 0.25) is 0 Å². The Hall–Kier alpha value is -1.02. The summed E-state index contributed by atoms with van der Waals surface area (Å²) in [5, 5.41) is 13.3. The summed E-state index contributed by atoms with van der Waals surface area (Å²) in [6.45, 7) is 3.72. The molecule has 1 aliphatic heterocycles. The van der Waals surface area contributed by atoms with Gasteiger partial charge in [-0.2, -0.15) is 0 Å². The molecular formula is C12H17NO. The molecule has 2 rings (SSSR count). The van der Waals surface area contributed by atoms with Gasteiger partial charge in [-0.05, 0) is 38.3 Å². The predicted molar refractivity (Wildman–Crippen MR) is 58.5 cm³/mol. The number of nitrogens with one attached hydrogen (secondary N) is 1. The fourth-order valence-corrected chi connectivity index (χ4v) is 1.97. The van der Waals surface area contributed by atoms with Gasteiger partial charge < -0.3 is 10.4 Å². The van der Waals surface area contributed by atoms with Crippen LogP contribution in [0.3, 0.4) is 0 Å². The van der Waals surface area contributed by atoms with Crippen molar-refractivity contribution in [2.24, 2.45) is 0 Å². The van der Waals surface area contributed by atoms with Crippen molar-refractivity contribution in [2.75, 3.05) is 5.32 Å². The Morgan fingerprint density at radius 1 is 1.36 bits per heavy atom. The van der Waals surface area contributed by atoms with Crippen molar-refractivity contribution in [1.82, 2.24) is 0 Å². The maximum atomic E-state index is 9.91. The molecule has 1 aromatic carbocycles. The van der Waals surface area contributed by atoms with E-state index in [0.717, 1.165) is 12.8 Å². The molecule has 76 valence electrons. The minimum Gasteiger partial charge on any atom is -0.388 e. The van der Waals surface area contributed by atoms with Crippen LogP contribution in [-0.2, 0) is 6.42 Å². The Labute approximate surface area is 85.0 Å². The highest BCUT2D eigenvalue weighted by atomic mass is 16.3. The van der Waals surface area contributed by atoms with Gasteiger partial charge in [0.15, 0.2) is 0 Å². The van der Waals surface area contributed by atoms with Gasteiger partial charge in [0.25, 0.3) is 0 Å². The highest BCUT2D eigenvalue weighted by molar-refractivity contribution is 5.54. The first-order chi connectivity index (χ1) is 6.57. The number of hydrogen-bond acceptors (Lipinski definition) is 2. The first-order valence-corrected chi connectivity index (χ1v) is 5.14. The van der Waals surface area contributed by atoms with Crippen molar-refractivity contribution >= 4 is 5.69 Å². The third-order valence-electron chi connectivity index (χ3n) is 2.90. The van der Waals surface area contributed by atoms with Crippen LogP contribution in [0.1, 0.15) is 25.8 Å². The number of para-hydroxylation sites is 1. The van der Waals surface area contributed by atoms with Gasteiger partial charge in [-0.15, -0.1) is 0 Å². The molecule has 2 heteroatoms. The van der Waals surface area contributed by atoms with Crippen LogP contribution in [0.4, 0.5) is 5.69 Å². The molecule has 0 fully saturated rings. The van der Waals surface area contributed by atoms with Gasteiger partial charge in [0.2, 0.25) is 0 Å². The number of rotatable bonds is 1. The summed E-state index contributed by atoms with van der Waals surface area (Å²) in [7, 11) is 0. The predicted octanol–water partition coefficient (Wildman–Crippen LogP) is 2.18. The van der Waals surface area contributed by atoms with Crippen LogP contribution < -0.4 is 5.32 Å². The van der Waals surface area contributed by atoms with Crippen molar-refractivity contribution in [3.8, 4) is 0 Å². The normalized spacial score (nSPS) is 21.2. The number of aryl methyl sites for hydroxylation is 1. The fourth-order valence-electron chi connectivity index (χ4n) is 1.97. The lowest BCUT2D eigenvalue weighted by Crippen LogP contribution is -2.44. The molecule has 1 unspecified atom stereocenters. The summed E-state index contributed by atoms with van der Waals surface area (Å²) in [4.78, 5) is 0. The first kappa shape index (κ1) is 9.53. The fraction of sp³-hybridized carbons (Fsp3) is 0.500. The highest BCUT2D eigenvalue weighted by Gasteiger charge is 2.29. The monoisotopic (exact) mass is 191 g/mol. The highest BCUT2D eigenvalue weighted by Crippen LogP contribution is 2.28. The molecule has 0 bridgehead atoms. The molecule has 0 aromatic heterocycles. The number of aliphatic hydroxyl groups is 1. The van der Waals surface area contributed by atoms with Crippen molar-refractivity contribution in [2.45, 2.75) is 38.3 Å². The van der Waals surface area contributed by atoms with E-state index in [2.05, 4.69) is 23.5 Å². The zero-order chi connectivity index (χ0) is 10.2. The molecule has 0 saturated carbocycles. The minimum atomic E-state index is -0.645. The summed E-state index contributed by atoms with van der Waals surface area (Å²) >= 11 is 0. The van der Waals surface area contributed by atoms with Crippen LogP contribution in [-0.4, -0.2) is 16.7 Å². The van der Waals surface area contributed by atoms with Crippen molar-refractivity contribution in [3.63, 3.8) is 0 Å². The van der Waals surface area contributed by atoms with Crippen LogP contribution in [0, 0.1) is 0 Å². The molecule has 0 aliphatic carbocycles. The van der Waals surface area contributed by atoms with E-state index in [0.29, 0.717) is 0 Å². The summed E-state index contributed by atoms with van der Waals surface area (Å²) in [6, 6.07) is 8.47. The summed E-state index contributed by atoms with van der Waals surface area (Å²) < 4.78 is 0. The zero-order valence-electron chi connectivity index (χ0n) is 8.75. The minimum absolute atomic E-state index is 0.164. The van der Waals surface area contributed by atoms with Gasteiger partial charge in [0.05, 0.1) is 11.6 Å². The molecule has 1 aliphatic rings. The van der Waals surface area contributed by atoms with Gasteiger partial charge >= 0.3 is 0 Å². The Morgan fingerprint density at radius 2 is 2.07 bits per heavy atom. The average Bonchev–Trinajstić information content (AvgIpc) is 2.16. The van der Waals surface area contributed by atoms with Gasteiger partial charge in [0.1, 0.15) is 0 Å². The van der Waals surface area contributed by atoms with E-state index in [9.17, 15) is 5.11 Å². The number of benzene rings is 1. The first-order valence-electron chi connectivity index (χ1n) is 5.14. The Balaban J connectivity index is 2.22. The molecular weight excluding hydrogens is 174 g/mol. The van der Waals surface area contributed by atoms with Gasteiger partial charge in [-0.1, -0.05) is 18.2 Å². The molecule has 0 spiro atoms. The molecule has 1 aromatic rings. The lowest BCUT2D eigenvalue weighted by molar-refractivity contribution is 0.0553. The lowest BCUT2D eigenvalue weighted by atomic mass is 9.88. The molecule has 1 atom stereocenters. The molecule has 2 nitrogen and oxygen atoms in total.